The zero-order valence-corrected chi connectivity index (χ0v) is 8.50. The molecule has 0 aromatic carbocycles. The minimum absolute atomic E-state index is 0.206. The molecule has 0 bridgehead atoms. The Morgan fingerprint density at radius 3 is 2.43 bits per heavy atom. The molecule has 0 amide bonds. The van der Waals surface area contributed by atoms with E-state index in [0.717, 1.165) is 25.9 Å². The number of hydrogen-bond acceptors (Lipinski definition) is 2. The van der Waals surface area contributed by atoms with E-state index in [1.807, 2.05) is 0 Å². The molecule has 1 unspecified atom stereocenters. The minimum atomic E-state index is -0.713. The van der Waals surface area contributed by atoms with E-state index in [4.69, 9.17) is 9.84 Å². The highest BCUT2D eigenvalue weighted by molar-refractivity contribution is 5.68. The van der Waals surface area contributed by atoms with Crippen molar-refractivity contribution in [3.63, 3.8) is 0 Å². The Morgan fingerprint density at radius 1 is 1.36 bits per heavy atom. The van der Waals surface area contributed by atoms with Gasteiger partial charge in [-0.05, 0) is 18.8 Å². The Kier molecular flexibility index (Phi) is 2.77. The maximum Gasteiger partial charge on any atom is 0.306 e. The molecule has 3 nitrogen and oxygen atoms in total. The van der Waals surface area contributed by atoms with E-state index in [1.54, 1.807) is 0 Å². The Bertz CT molecular complexity index is 215. The van der Waals surface area contributed by atoms with Crippen LogP contribution in [0.25, 0.3) is 0 Å². The fourth-order valence-corrected chi connectivity index (χ4v) is 2.85. The van der Waals surface area contributed by atoms with Crippen molar-refractivity contribution in [2.75, 3.05) is 6.61 Å². The van der Waals surface area contributed by atoms with Gasteiger partial charge in [-0.1, -0.05) is 19.3 Å². The number of aliphatic carboxylic acids is 1. The molecule has 1 heterocycles. The van der Waals surface area contributed by atoms with Crippen LogP contribution in [0, 0.1) is 5.92 Å². The topological polar surface area (TPSA) is 46.5 Å². The molecule has 1 atom stereocenters. The summed E-state index contributed by atoms with van der Waals surface area (Å²) in [6.07, 6.45) is 7.27. The number of ether oxygens (including phenoxy) is 1. The second-order valence-electron chi connectivity index (χ2n) is 4.57. The molecule has 1 saturated heterocycles. The van der Waals surface area contributed by atoms with E-state index < -0.39 is 5.97 Å². The third kappa shape index (κ3) is 1.78. The summed E-state index contributed by atoms with van der Waals surface area (Å²) in [5.41, 5.74) is -0.285. The van der Waals surface area contributed by atoms with Crippen molar-refractivity contribution < 1.29 is 14.6 Å². The fourth-order valence-electron chi connectivity index (χ4n) is 2.85. The first-order valence-corrected chi connectivity index (χ1v) is 5.59. The number of carbonyl (C=O) groups is 1. The Balaban J connectivity index is 1.99. The molecule has 0 radical (unpaired) electrons. The molecule has 3 heteroatoms. The van der Waals surface area contributed by atoms with Crippen molar-refractivity contribution in [3.05, 3.63) is 0 Å². The van der Waals surface area contributed by atoms with E-state index in [0.29, 0.717) is 5.92 Å². The summed E-state index contributed by atoms with van der Waals surface area (Å²) >= 11 is 0. The normalized spacial score (nSPS) is 33.7. The van der Waals surface area contributed by atoms with E-state index in [2.05, 4.69) is 0 Å². The lowest BCUT2D eigenvalue weighted by atomic mass is 9.71. The lowest BCUT2D eigenvalue weighted by molar-refractivity contribution is -0.198. The summed E-state index contributed by atoms with van der Waals surface area (Å²) in [7, 11) is 0. The number of hydrogen-bond donors (Lipinski definition) is 1. The molecule has 14 heavy (non-hydrogen) atoms. The van der Waals surface area contributed by atoms with Crippen molar-refractivity contribution in [3.8, 4) is 0 Å². The van der Waals surface area contributed by atoms with E-state index in [-0.39, 0.29) is 12.0 Å². The van der Waals surface area contributed by atoms with E-state index in [1.165, 1.54) is 19.3 Å². The maximum absolute atomic E-state index is 10.8. The van der Waals surface area contributed by atoms with Gasteiger partial charge in [0.25, 0.3) is 0 Å². The third-order valence-corrected chi connectivity index (χ3v) is 3.71. The van der Waals surface area contributed by atoms with Gasteiger partial charge in [0.15, 0.2) is 0 Å². The molecule has 2 aliphatic rings. The molecular weight excluding hydrogens is 180 g/mol. The van der Waals surface area contributed by atoms with Gasteiger partial charge < -0.3 is 9.84 Å². The van der Waals surface area contributed by atoms with Crippen molar-refractivity contribution >= 4 is 5.97 Å². The molecule has 2 fully saturated rings. The molecular formula is C11H18O3. The van der Waals surface area contributed by atoms with Crippen LogP contribution in [0.1, 0.15) is 44.9 Å². The molecule has 2 rings (SSSR count). The van der Waals surface area contributed by atoms with Gasteiger partial charge in [-0.25, -0.2) is 0 Å². The van der Waals surface area contributed by atoms with Crippen molar-refractivity contribution in [2.45, 2.75) is 50.5 Å². The van der Waals surface area contributed by atoms with Gasteiger partial charge in [-0.15, -0.1) is 0 Å². The van der Waals surface area contributed by atoms with Crippen LogP contribution >= 0.6 is 0 Å². The van der Waals surface area contributed by atoms with E-state index >= 15 is 0 Å². The highest BCUT2D eigenvalue weighted by Gasteiger charge is 2.47. The van der Waals surface area contributed by atoms with Gasteiger partial charge in [0, 0.05) is 6.42 Å². The van der Waals surface area contributed by atoms with Crippen LogP contribution < -0.4 is 0 Å². The van der Waals surface area contributed by atoms with Crippen LogP contribution in [0.5, 0.6) is 0 Å². The summed E-state index contributed by atoms with van der Waals surface area (Å²) in [5, 5.41) is 8.86. The van der Waals surface area contributed by atoms with Gasteiger partial charge in [-0.3, -0.25) is 4.79 Å². The number of rotatable bonds is 3. The first-order chi connectivity index (χ1) is 6.73. The number of carboxylic acids is 1. The maximum atomic E-state index is 10.8. The van der Waals surface area contributed by atoms with Crippen LogP contribution in [0.3, 0.4) is 0 Å². The summed E-state index contributed by atoms with van der Waals surface area (Å²) in [5.74, 6) is -0.212. The Labute approximate surface area is 84.4 Å². The summed E-state index contributed by atoms with van der Waals surface area (Å²) in [4.78, 5) is 10.8. The SMILES string of the molecule is O=C(O)CC1(C2CCCCC2)CCO1. The molecule has 1 saturated carbocycles. The van der Waals surface area contributed by atoms with Gasteiger partial charge in [0.2, 0.25) is 0 Å². The van der Waals surface area contributed by atoms with Gasteiger partial charge in [0.1, 0.15) is 0 Å². The van der Waals surface area contributed by atoms with Gasteiger partial charge in [-0.2, -0.15) is 0 Å². The third-order valence-electron chi connectivity index (χ3n) is 3.71. The fraction of sp³-hybridized carbons (Fsp3) is 0.909. The molecule has 80 valence electrons. The largest absolute Gasteiger partial charge is 0.481 e. The summed E-state index contributed by atoms with van der Waals surface area (Å²) < 4.78 is 5.59. The van der Waals surface area contributed by atoms with Crippen LogP contribution in [0.4, 0.5) is 0 Å². The number of carboxylic acid groups (broad SMARTS) is 1. The molecule has 1 aliphatic carbocycles. The van der Waals surface area contributed by atoms with E-state index in [9.17, 15) is 4.79 Å². The summed E-state index contributed by atoms with van der Waals surface area (Å²) in [6, 6.07) is 0. The Hall–Kier alpha value is -0.570. The first kappa shape index (κ1) is 9.97. The average molecular weight is 198 g/mol. The molecule has 0 spiro atoms. The highest BCUT2D eigenvalue weighted by atomic mass is 16.5. The monoisotopic (exact) mass is 198 g/mol. The molecule has 1 N–H and O–H groups in total. The molecule has 0 aromatic heterocycles. The van der Waals surface area contributed by atoms with Crippen LogP contribution in [-0.2, 0) is 9.53 Å². The minimum Gasteiger partial charge on any atom is -0.481 e. The summed E-state index contributed by atoms with van der Waals surface area (Å²) in [6.45, 7) is 0.754. The van der Waals surface area contributed by atoms with Crippen molar-refractivity contribution in [1.82, 2.24) is 0 Å². The zero-order valence-electron chi connectivity index (χ0n) is 8.50. The van der Waals surface area contributed by atoms with Crippen LogP contribution in [-0.4, -0.2) is 23.3 Å². The predicted octanol–water partition coefficient (Wildman–Crippen LogP) is 2.20. The van der Waals surface area contributed by atoms with Crippen LogP contribution in [0.2, 0.25) is 0 Å². The molecule has 0 aromatic rings. The smallest absolute Gasteiger partial charge is 0.306 e. The highest BCUT2D eigenvalue weighted by Crippen LogP contribution is 2.44. The van der Waals surface area contributed by atoms with Gasteiger partial charge >= 0.3 is 5.97 Å². The standard InChI is InChI=1S/C11H18O3/c12-10(13)8-11(6-7-14-11)9-4-2-1-3-5-9/h9H,1-8H2,(H,12,13). The van der Waals surface area contributed by atoms with Gasteiger partial charge in [0.05, 0.1) is 18.6 Å². The first-order valence-electron chi connectivity index (χ1n) is 5.59. The zero-order chi connectivity index (χ0) is 10.0. The van der Waals surface area contributed by atoms with Crippen LogP contribution in [0.15, 0.2) is 0 Å². The van der Waals surface area contributed by atoms with Crippen molar-refractivity contribution in [1.29, 1.82) is 0 Å². The lowest BCUT2D eigenvalue weighted by Crippen LogP contribution is -2.52. The lowest BCUT2D eigenvalue weighted by Gasteiger charge is -2.48. The Morgan fingerprint density at radius 2 is 2.00 bits per heavy atom. The second kappa shape index (κ2) is 3.89. The quantitative estimate of drug-likeness (QED) is 0.756. The predicted molar refractivity (Wildman–Crippen MR) is 52.1 cm³/mol. The second-order valence-corrected chi connectivity index (χ2v) is 4.57. The average Bonchev–Trinajstić information content (AvgIpc) is 2.12. The molecule has 1 aliphatic heterocycles. The van der Waals surface area contributed by atoms with Crippen molar-refractivity contribution in [2.24, 2.45) is 5.92 Å².